The van der Waals surface area contributed by atoms with Crippen molar-refractivity contribution < 1.29 is 0 Å². The Labute approximate surface area is 95.8 Å². The zero-order valence-electron chi connectivity index (χ0n) is 9.39. The molecule has 0 amide bonds. The molecule has 0 aliphatic heterocycles. The molecule has 0 aromatic carbocycles. The molecule has 0 spiro atoms. The quantitative estimate of drug-likeness (QED) is 0.837. The Balaban J connectivity index is 1.97. The van der Waals surface area contributed by atoms with Crippen LogP contribution in [0.1, 0.15) is 31.2 Å². The van der Waals surface area contributed by atoms with Gasteiger partial charge in [0.15, 0.2) is 0 Å². The molecule has 0 saturated heterocycles. The van der Waals surface area contributed by atoms with Gasteiger partial charge in [0.05, 0.1) is 16.4 Å². The van der Waals surface area contributed by atoms with Crippen molar-refractivity contribution in [3.63, 3.8) is 0 Å². The van der Waals surface area contributed by atoms with Crippen molar-refractivity contribution in [1.82, 2.24) is 15.1 Å². The third kappa shape index (κ3) is 2.52. The predicted molar refractivity (Wildman–Crippen MR) is 62.1 cm³/mol. The van der Waals surface area contributed by atoms with Gasteiger partial charge >= 0.3 is 0 Å². The summed E-state index contributed by atoms with van der Waals surface area (Å²) in [5.41, 5.74) is 2.05. The molecule has 0 radical (unpaired) electrons. The van der Waals surface area contributed by atoms with E-state index in [9.17, 15) is 0 Å². The van der Waals surface area contributed by atoms with Crippen LogP contribution in [0.3, 0.4) is 0 Å². The highest BCUT2D eigenvalue weighted by atomic mass is 35.5. The van der Waals surface area contributed by atoms with Gasteiger partial charge in [-0.25, -0.2) is 0 Å². The number of halogens is 1. The lowest BCUT2D eigenvalue weighted by atomic mass is 10.3. The van der Waals surface area contributed by atoms with E-state index in [4.69, 9.17) is 11.6 Å². The van der Waals surface area contributed by atoms with Gasteiger partial charge < -0.3 is 5.32 Å². The van der Waals surface area contributed by atoms with Gasteiger partial charge in [0.1, 0.15) is 0 Å². The molecule has 1 N–H and O–H groups in total. The van der Waals surface area contributed by atoms with Gasteiger partial charge in [-0.1, -0.05) is 11.6 Å². The average molecular weight is 228 g/mol. The summed E-state index contributed by atoms with van der Waals surface area (Å²) in [6.45, 7) is 6.88. The van der Waals surface area contributed by atoms with Gasteiger partial charge in [0.2, 0.25) is 0 Å². The SMILES string of the molecule is CCn1nc(C)c(Cl)c1CNCC1CC1. The fraction of sp³-hybridized carbons (Fsp3) is 0.727. The Morgan fingerprint density at radius 3 is 2.87 bits per heavy atom. The minimum atomic E-state index is 0.820. The van der Waals surface area contributed by atoms with E-state index < -0.39 is 0 Å². The fourth-order valence-corrected chi connectivity index (χ4v) is 1.96. The number of rotatable bonds is 5. The third-order valence-corrected chi connectivity index (χ3v) is 3.37. The number of nitrogens with one attached hydrogen (secondary N) is 1. The molecule has 0 bridgehead atoms. The maximum Gasteiger partial charge on any atom is 0.0860 e. The van der Waals surface area contributed by atoms with E-state index >= 15 is 0 Å². The highest BCUT2D eigenvalue weighted by Crippen LogP contribution is 2.28. The molecule has 1 heterocycles. The van der Waals surface area contributed by atoms with Crippen LogP contribution in [-0.4, -0.2) is 16.3 Å². The standard InChI is InChI=1S/C11H18ClN3/c1-3-15-10(11(12)8(2)14-15)7-13-6-9-4-5-9/h9,13H,3-7H2,1-2H3. The highest BCUT2D eigenvalue weighted by molar-refractivity contribution is 6.31. The zero-order valence-corrected chi connectivity index (χ0v) is 10.1. The Bertz CT molecular complexity index is 342. The van der Waals surface area contributed by atoms with Crippen LogP contribution < -0.4 is 5.32 Å². The summed E-state index contributed by atoms with van der Waals surface area (Å²) in [6.07, 6.45) is 2.76. The molecule has 1 saturated carbocycles. The van der Waals surface area contributed by atoms with Crippen LogP contribution >= 0.6 is 11.6 Å². The smallest absolute Gasteiger partial charge is 0.0860 e. The first-order chi connectivity index (χ1) is 7.22. The molecule has 1 aliphatic carbocycles. The number of nitrogens with zero attached hydrogens (tertiary/aromatic N) is 2. The van der Waals surface area contributed by atoms with Crippen LogP contribution in [0, 0.1) is 12.8 Å². The van der Waals surface area contributed by atoms with Crippen molar-refractivity contribution in [1.29, 1.82) is 0 Å². The highest BCUT2D eigenvalue weighted by Gasteiger charge is 2.21. The lowest BCUT2D eigenvalue weighted by molar-refractivity contribution is 0.566. The summed E-state index contributed by atoms with van der Waals surface area (Å²) >= 11 is 6.20. The first-order valence-corrected chi connectivity index (χ1v) is 6.02. The minimum Gasteiger partial charge on any atom is -0.311 e. The summed E-state index contributed by atoms with van der Waals surface area (Å²) in [4.78, 5) is 0. The van der Waals surface area contributed by atoms with E-state index in [-0.39, 0.29) is 0 Å². The molecule has 0 unspecified atom stereocenters. The summed E-state index contributed by atoms with van der Waals surface area (Å²) < 4.78 is 1.98. The van der Waals surface area contributed by atoms with Crippen molar-refractivity contribution in [2.75, 3.05) is 6.54 Å². The van der Waals surface area contributed by atoms with E-state index in [1.165, 1.54) is 12.8 Å². The van der Waals surface area contributed by atoms with E-state index in [0.29, 0.717) is 0 Å². The van der Waals surface area contributed by atoms with Gasteiger partial charge in [0.25, 0.3) is 0 Å². The number of hydrogen-bond donors (Lipinski definition) is 1. The van der Waals surface area contributed by atoms with Crippen LogP contribution in [-0.2, 0) is 13.1 Å². The monoisotopic (exact) mass is 227 g/mol. The second-order valence-corrected chi connectivity index (χ2v) is 4.61. The van der Waals surface area contributed by atoms with E-state index in [1.807, 2.05) is 11.6 Å². The van der Waals surface area contributed by atoms with Crippen LogP contribution in [0.25, 0.3) is 0 Å². The second-order valence-electron chi connectivity index (χ2n) is 4.24. The zero-order chi connectivity index (χ0) is 10.8. The number of aryl methyl sites for hydroxylation is 2. The van der Waals surface area contributed by atoms with Gasteiger partial charge in [-0.3, -0.25) is 4.68 Å². The van der Waals surface area contributed by atoms with E-state index in [2.05, 4.69) is 17.3 Å². The van der Waals surface area contributed by atoms with Crippen LogP contribution in [0.15, 0.2) is 0 Å². The summed E-state index contributed by atoms with van der Waals surface area (Å²) in [5, 5.41) is 8.65. The van der Waals surface area contributed by atoms with Gasteiger partial charge in [-0.15, -0.1) is 0 Å². The molecule has 84 valence electrons. The van der Waals surface area contributed by atoms with E-state index in [1.54, 1.807) is 0 Å². The lowest BCUT2D eigenvalue weighted by Gasteiger charge is -2.06. The molecule has 1 aromatic rings. The van der Waals surface area contributed by atoms with Gasteiger partial charge in [-0.05, 0) is 39.2 Å². The maximum absolute atomic E-state index is 6.20. The maximum atomic E-state index is 6.20. The third-order valence-electron chi connectivity index (χ3n) is 2.88. The Morgan fingerprint density at radius 2 is 2.27 bits per heavy atom. The number of aromatic nitrogens is 2. The first kappa shape index (κ1) is 11.0. The predicted octanol–water partition coefficient (Wildman–Crippen LogP) is 2.36. The van der Waals surface area contributed by atoms with Gasteiger partial charge in [0, 0.05) is 13.1 Å². The first-order valence-electron chi connectivity index (χ1n) is 5.64. The van der Waals surface area contributed by atoms with Crippen LogP contribution in [0.4, 0.5) is 0 Å². The van der Waals surface area contributed by atoms with Crippen molar-refractivity contribution in [2.24, 2.45) is 5.92 Å². The molecule has 1 aliphatic rings. The molecule has 0 atom stereocenters. The second kappa shape index (κ2) is 4.54. The topological polar surface area (TPSA) is 29.9 Å². The van der Waals surface area contributed by atoms with Crippen molar-refractivity contribution in [3.05, 3.63) is 16.4 Å². The summed E-state index contributed by atoms with van der Waals surface area (Å²) in [5.74, 6) is 0.905. The van der Waals surface area contributed by atoms with Crippen molar-refractivity contribution >= 4 is 11.6 Å². The molecular formula is C11H18ClN3. The van der Waals surface area contributed by atoms with Crippen molar-refractivity contribution in [2.45, 2.75) is 39.8 Å². The largest absolute Gasteiger partial charge is 0.311 e. The van der Waals surface area contributed by atoms with Crippen LogP contribution in [0.5, 0.6) is 0 Å². The molecular weight excluding hydrogens is 210 g/mol. The van der Waals surface area contributed by atoms with Crippen LogP contribution in [0.2, 0.25) is 5.02 Å². The lowest BCUT2D eigenvalue weighted by Crippen LogP contribution is -2.19. The van der Waals surface area contributed by atoms with E-state index in [0.717, 1.165) is 42.0 Å². The molecule has 1 aromatic heterocycles. The molecule has 3 nitrogen and oxygen atoms in total. The van der Waals surface area contributed by atoms with Crippen molar-refractivity contribution in [3.8, 4) is 0 Å². The molecule has 1 fully saturated rings. The molecule has 2 rings (SSSR count). The molecule has 4 heteroatoms. The summed E-state index contributed by atoms with van der Waals surface area (Å²) in [7, 11) is 0. The molecule has 15 heavy (non-hydrogen) atoms. The number of hydrogen-bond acceptors (Lipinski definition) is 2. The Kier molecular flexibility index (Phi) is 3.32. The fourth-order valence-electron chi connectivity index (χ4n) is 1.75. The average Bonchev–Trinajstić information content (AvgIpc) is 3.00. The normalized spacial score (nSPS) is 15.9. The summed E-state index contributed by atoms with van der Waals surface area (Å²) in [6, 6.07) is 0. The Morgan fingerprint density at radius 1 is 1.53 bits per heavy atom. The minimum absolute atomic E-state index is 0.820. The van der Waals surface area contributed by atoms with Gasteiger partial charge in [-0.2, -0.15) is 5.10 Å². The Hall–Kier alpha value is -0.540.